The van der Waals surface area contributed by atoms with Crippen molar-refractivity contribution in [2.24, 2.45) is 17.6 Å². The standard InChI is InChI=1S/C26H34F3N3O6/c1-15(2)10-13-32-12-5-11-24(32,22(37)25(30,16(3)4)23(38)26(27,28)29)20(35)17-6-8-18(9-7-17)21(36)31-14-19(33)34/h6-9,15-16H,5,10-14,30H2,1-4H3,(H,31,36)(H,33,34)/t24-,25?/m1/s1. The van der Waals surface area contributed by atoms with Gasteiger partial charge in [-0.25, -0.2) is 0 Å². The van der Waals surface area contributed by atoms with Crippen molar-refractivity contribution < 1.29 is 42.3 Å². The third kappa shape index (κ3) is 6.12. The largest absolute Gasteiger partial charge is 0.480 e. The van der Waals surface area contributed by atoms with E-state index in [1.807, 2.05) is 13.8 Å². The lowest BCUT2D eigenvalue weighted by atomic mass is 9.68. The van der Waals surface area contributed by atoms with Gasteiger partial charge in [0.2, 0.25) is 0 Å². The van der Waals surface area contributed by atoms with Crippen molar-refractivity contribution in [2.75, 3.05) is 19.6 Å². The molecule has 0 spiro atoms. The number of carbonyl (C=O) groups excluding carboxylic acids is 4. The summed E-state index contributed by atoms with van der Waals surface area (Å²) in [5.74, 6) is -7.58. The molecule has 1 amide bonds. The van der Waals surface area contributed by atoms with Crippen LogP contribution in [0.5, 0.6) is 0 Å². The molecule has 0 aromatic heterocycles. The molecule has 9 nitrogen and oxygen atoms in total. The molecule has 210 valence electrons. The Bertz CT molecular complexity index is 1090. The van der Waals surface area contributed by atoms with Gasteiger partial charge in [0.1, 0.15) is 17.6 Å². The fourth-order valence-corrected chi connectivity index (χ4v) is 4.68. The molecule has 0 radical (unpaired) electrons. The molecule has 38 heavy (non-hydrogen) atoms. The van der Waals surface area contributed by atoms with E-state index in [9.17, 15) is 37.1 Å². The van der Waals surface area contributed by atoms with Crippen LogP contribution < -0.4 is 11.1 Å². The van der Waals surface area contributed by atoms with Crippen molar-refractivity contribution in [1.82, 2.24) is 10.2 Å². The predicted octanol–water partition coefficient (Wildman–Crippen LogP) is 2.62. The number of Topliss-reactive ketones (excluding diaryl/α,β-unsaturated/α-hetero) is 3. The fraction of sp³-hybridized carbons (Fsp3) is 0.577. The maximum Gasteiger partial charge on any atom is 0.452 e. The van der Waals surface area contributed by atoms with Crippen molar-refractivity contribution in [3.05, 3.63) is 35.4 Å². The minimum atomic E-state index is -5.40. The third-order valence-electron chi connectivity index (χ3n) is 6.96. The molecule has 12 heteroatoms. The first kappa shape index (κ1) is 31.1. The Labute approximate surface area is 218 Å². The lowest BCUT2D eigenvalue weighted by Gasteiger charge is -2.43. The summed E-state index contributed by atoms with van der Waals surface area (Å²) in [6.07, 6.45) is -4.66. The first-order valence-electron chi connectivity index (χ1n) is 12.3. The van der Waals surface area contributed by atoms with E-state index in [0.29, 0.717) is 12.8 Å². The summed E-state index contributed by atoms with van der Waals surface area (Å²) >= 11 is 0. The van der Waals surface area contributed by atoms with Gasteiger partial charge in [0.25, 0.3) is 11.7 Å². The highest BCUT2D eigenvalue weighted by atomic mass is 19.4. The van der Waals surface area contributed by atoms with Gasteiger partial charge < -0.3 is 16.2 Å². The maximum absolute atomic E-state index is 14.1. The Balaban J connectivity index is 2.61. The van der Waals surface area contributed by atoms with Crippen molar-refractivity contribution in [3.8, 4) is 0 Å². The number of rotatable bonds is 12. The van der Waals surface area contributed by atoms with E-state index in [0.717, 1.165) is 0 Å². The Kier molecular flexibility index (Phi) is 9.60. The van der Waals surface area contributed by atoms with E-state index in [1.54, 1.807) is 0 Å². The summed E-state index contributed by atoms with van der Waals surface area (Å²) in [4.78, 5) is 65.0. The molecule has 4 N–H and O–H groups in total. The monoisotopic (exact) mass is 541 g/mol. The van der Waals surface area contributed by atoms with Gasteiger partial charge in [0, 0.05) is 11.1 Å². The van der Waals surface area contributed by atoms with Crippen LogP contribution in [0.2, 0.25) is 0 Å². The number of alkyl halides is 3. The second-order valence-corrected chi connectivity index (χ2v) is 10.3. The van der Waals surface area contributed by atoms with E-state index < -0.39 is 58.9 Å². The molecule has 1 aliphatic heterocycles. The second-order valence-electron chi connectivity index (χ2n) is 10.3. The normalized spacial score (nSPS) is 19.8. The van der Waals surface area contributed by atoms with Gasteiger partial charge in [0.05, 0.1) is 0 Å². The molecule has 0 saturated carbocycles. The summed E-state index contributed by atoms with van der Waals surface area (Å²) in [7, 11) is 0. The molecule has 1 fully saturated rings. The van der Waals surface area contributed by atoms with Crippen LogP contribution in [0.25, 0.3) is 0 Å². The number of nitrogens with zero attached hydrogens (tertiary/aromatic N) is 1. The highest BCUT2D eigenvalue weighted by Crippen LogP contribution is 2.40. The zero-order valence-corrected chi connectivity index (χ0v) is 21.9. The van der Waals surface area contributed by atoms with Crippen LogP contribution in [0, 0.1) is 11.8 Å². The number of hydrogen-bond acceptors (Lipinski definition) is 7. The maximum atomic E-state index is 14.1. The number of hydrogen-bond donors (Lipinski definition) is 3. The molecule has 0 bridgehead atoms. The fourth-order valence-electron chi connectivity index (χ4n) is 4.68. The van der Waals surface area contributed by atoms with Crippen LogP contribution in [-0.2, 0) is 14.4 Å². The Hall–Kier alpha value is -3.12. The first-order chi connectivity index (χ1) is 17.5. The summed E-state index contributed by atoms with van der Waals surface area (Å²) < 4.78 is 40.9. The van der Waals surface area contributed by atoms with E-state index in [1.165, 1.54) is 43.0 Å². The summed E-state index contributed by atoms with van der Waals surface area (Å²) in [6.45, 7) is 6.15. The topological polar surface area (TPSA) is 147 Å². The predicted molar refractivity (Wildman–Crippen MR) is 132 cm³/mol. The lowest BCUT2D eigenvalue weighted by molar-refractivity contribution is -0.181. The van der Waals surface area contributed by atoms with Crippen LogP contribution in [0.15, 0.2) is 24.3 Å². The summed E-state index contributed by atoms with van der Waals surface area (Å²) in [6, 6.07) is 4.97. The van der Waals surface area contributed by atoms with Crippen LogP contribution in [0.3, 0.4) is 0 Å². The van der Waals surface area contributed by atoms with Gasteiger partial charge in [-0.3, -0.25) is 28.9 Å². The third-order valence-corrected chi connectivity index (χ3v) is 6.96. The van der Waals surface area contributed by atoms with Crippen LogP contribution in [-0.4, -0.2) is 76.1 Å². The highest BCUT2D eigenvalue weighted by molar-refractivity contribution is 6.28. The van der Waals surface area contributed by atoms with Crippen LogP contribution in [0.1, 0.15) is 67.7 Å². The Morgan fingerprint density at radius 3 is 2.08 bits per heavy atom. The molecule has 2 rings (SSSR count). The zero-order valence-electron chi connectivity index (χ0n) is 21.9. The van der Waals surface area contributed by atoms with Gasteiger partial charge in [-0.2, -0.15) is 13.2 Å². The molecule has 1 aromatic rings. The Morgan fingerprint density at radius 2 is 1.61 bits per heavy atom. The number of carboxylic acid groups (broad SMARTS) is 1. The van der Waals surface area contributed by atoms with Crippen molar-refractivity contribution in [2.45, 2.75) is 64.2 Å². The number of carbonyl (C=O) groups is 5. The zero-order chi connectivity index (χ0) is 29.1. The van der Waals surface area contributed by atoms with E-state index in [-0.39, 0.29) is 36.6 Å². The molecule has 1 aliphatic rings. The SMILES string of the molecule is CC(C)CCN1CCC[C@@]1(C(=O)c1ccc(C(=O)NCC(=O)O)cc1)C(=O)C(N)(C(=O)C(F)(F)F)C(C)C. The number of likely N-dealkylation sites (tertiary alicyclic amines) is 1. The number of halogens is 3. The number of nitrogens with two attached hydrogens (primary N) is 1. The van der Waals surface area contributed by atoms with Gasteiger partial charge in [-0.15, -0.1) is 0 Å². The number of benzene rings is 1. The Morgan fingerprint density at radius 1 is 1.05 bits per heavy atom. The van der Waals surface area contributed by atoms with Crippen molar-refractivity contribution in [1.29, 1.82) is 0 Å². The molecular weight excluding hydrogens is 507 g/mol. The number of aliphatic carboxylic acids is 1. The van der Waals surface area contributed by atoms with Crippen LogP contribution in [0.4, 0.5) is 13.2 Å². The smallest absolute Gasteiger partial charge is 0.452 e. The molecule has 1 saturated heterocycles. The number of nitrogens with one attached hydrogen (secondary N) is 1. The summed E-state index contributed by atoms with van der Waals surface area (Å²) in [5, 5.41) is 10.9. The average Bonchev–Trinajstić information content (AvgIpc) is 3.28. The van der Waals surface area contributed by atoms with Crippen molar-refractivity contribution >= 4 is 29.2 Å². The van der Waals surface area contributed by atoms with Gasteiger partial charge in [-0.1, -0.05) is 39.8 Å². The van der Waals surface area contributed by atoms with E-state index in [4.69, 9.17) is 10.8 Å². The van der Waals surface area contributed by atoms with Crippen molar-refractivity contribution in [3.63, 3.8) is 0 Å². The van der Waals surface area contributed by atoms with E-state index >= 15 is 0 Å². The average molecular weight is 542 g/mol. The molecule has 2 atom stereocenters. The van der Waals surface area contributed by atoms with Gasteiger partial charge >= 0.3 is 12.1 Å². The molecular formula is C26H34F3N3O6. The first-order valence-corrected chi connectivity index (χ1v) is 12.3. The molecule has 1 aromatic carbocycles. The number of amides is 1. The molecule has 0 aliphatic carbocycles. The second kappa shape index (κ2) is 11.7. The lowest BCUT2D eigenvalue weighted by Crippen LogP contribution is -2.72. The van der Waals surface area contributed by atoms with E-state index in [2.05, 4.69) is 5.32 Å². The molecule has 1 heterocycles. The molecule has 1 unspecified atom stereocenters. The quantitative estimate of drug-likeness (QED) is 0.270. The number of ketones is 3. The minimum Gasteiger partial charge on any atom is -0.480 e. The van der Waals surface area contributed by atoms with Crippen LogP contribution >= 0.6 is 0 Å². The minimum absolute atomic E-state index is 0.0360. The van der Waals surface area contributed by atoms with Gasteiger partial charge in [-0.05, 0) is 56.3 Å². The number of carboxylic acids is 1. The highest BCUT2D eigenvalue weighted by Gasteiger charge is 2.65. The summed E-state index contributed by atoms with van der Waals surface area (Å²) in [5.41, 5.74) is 0.907. The van der Waals surface area contributed by atoms with Gasteiger partial charge in [0.15, 0.2) is 11.6 Å².